The van der Waals surface area contributed by atoms with E-state index < -0.39 is 0 Å². The van der Waals surface area contributed by atoms with Crippen molar-refractivity contribution in [3.63, 3.8) is 0 Å². The van der Waals surface area contributed by atoms with Crippen molar-refractivity contribution in [2.45, 2.75) is 41.0 Å². The minimum absolute atomic E-state index is 0.271. The Kier molecular flexibility index (Phi) is 4.64. The summed E-state index contributed by atoms with van der Waals surface area (Å²) in [4.78, 5) is 14.9. The van der Waals surface area contributed by atoms with Crippen LogP contribution in [0.25, 0.3) is 0 Å². The third-order valence-electron chi connectivity index (χ3n) is 4.93. The number of aryl methyl sites for hydroxylation is 3. The van der Waals surface area contributed by atoms with E-state index in [0.717, 1.165) is 30.1 Å². The number of nitrogens with zero attached hydrogens (tertiary/aromatic N) is 1. The lowest BCUT2D eigenvalue weighted by molar-refractivity contribution is 0.0848. The fourth-order valence-electron chi connectivity index (χ4n) is 3.04. The topological polar surface area (TPSA) is 20.3 Å². The van der Waals surface area contributed by atoms with Gasteiger partial charge in [0, 0.05) is 12.1 Å². The molecule has 0 radical (unpaired) electrons. The van der Waals surface area contributed by atoms with Gasteiger partial charge in [-0.15, -0.1) is 0 Å². The molecule has 1 heterocycles. The van der Waals surface area contributed by atoms with Crippen molar-refractivity contribution >= 4 is 5.78 Å². The highest BCUT2D eigenvalue weighted by atomic mass is 16.1. The Morgan fingerprint density at radius 3 is 2.40 bits per heavy atom. The Bertz CT molecular complexity index is 506. The van der Waals surface area contributed by atoms with Gasteiger partial charge in [-0.25, -0.2) is 0 Å². The Labute approximate surface area is 123 Å². The third-order valence-corrected chi connectivity index (χ3v) is 4.93. The lowest BCUT2D eigenvalue weighted by atomic mass is 9.88. The van der Waals surface area contributed by atoms with E-state index in [4.69, 9.17) is 0 Å². The maximum absolute atomic E-state index is 12.5. The predicted molar refractivity (Wildman–Crippen MR) is 84.4 cm³/mol. The molecule has 0 aliphatic carbocycles. The van der Waals surface area contributed by atoms with Gasteiger partial charge in [-0.1, -0.05) is 19.9 Å². The summed E-state index contributed by atoms with van der Waals surface area (Å²) in [5.74, 6) is 1.74. The summed E-state index contributed by atoms with van der Waals surface area (Å²) in [5, 5.41) is 0. The molecule has 0 amide bonds. The molecule has 0 saturated carbocycles. The molecule has 0 aromatic heterocycles. The molecule has 110 valence electrons. The number of rotatable bonds is 3. The molecule has 1 saturated heterocycles. The van der Waals surface area contributed by atoms with Crippen molar-refractivity contribution in [2.24, 2.45) is 11.8 Å². The van der Waals surface area contributed by atoms with Crippen molar-refractivity contribution in [3.8, 4) is 0 Å². The summed E-state index contributed by atoms with van der Waals surface area (Å²) in [5.41, 5.74) is 4.48. The third kappa shape index (κ3) is 3.29. The molecule has 1 aliphatic heterocycles. The van der Waals surface area contributed by atoms with Crippen LogP contribution in [0.15, 0.2) is 12.1 Å². The van der Waals surface area contributed by atoms with Gasteiger partial charge in [0.1, 0.15) is 0 Å². The zero-order valence-corrected chi connectivity index (χ0v) is 13.5. The number of Topliss-reactive ketones (excluding diaryl/α,β-unsaturated/α-hetero) is 1. The fraction of sp³-hybridized carbons (Fsp3) is 0.611. The van der Waals surface area contributed by atoms with Crippen LogP contribution in [0.1, 0.15) is 47.3 Å². The van der Waals surface area contributed by atoms with Gasteiger partial charge in [-0.3, -0.25) is 9.69 Å². The number of benzene rings is 1. The SMILES string of the molecule is Cc1cc(C)c(C(=O)CN2CCC(C)C(C)C2)cc1C. The highest BCUT2D eigenvalue weighted by Crippen LogP contribution is 2.23. The van der Waals surface area contributed by atoms with E-state index in [9.17, 15) is 4.79 Å². The van der Waals surface area contributed by atoms with Crippen LogP contribution >= 0.6 is 0 Å². The summed E-state index contributed by atoms with van der Waals surface area (Å²) < 4.78 is 0. The monoisotopic (exact) mass is 273 g/mol. The van der Waals surface area contributed by atoms with Crippen LogP contribution in [0, 0.1) is 32.6 Å². The smallest absolute Gasteiger partial charge is 0.177 e. The quantitative estimate of drug-likeness (QED) is 0.781. The van der Waals surface area contributed by atoms with Crippen molar-refractivity contribution < 1.29 is 4.79 Å². The van der Waals surface area contributed by atoms with Gasteiger partial charge in [0.2, 0.25) is 0 Å². The molecule has 2 unspecified atom stereocenters. The van der Waals surface area contributed by atoms with Gasteiger partial charge in [0.25, 0.3) is 0 Å². The summed E-state index contributed by atoms with van der Waals surface area (Å²) >= 11 is 0. The van der Waals surface area contributed by atoms with Crippen molar-refractivity contribution in [1.82, 2.24) is 4.90 Å². The van der Waals surface area contributed by atoms with Gasteiger partial charge in [-0.2, -0.15) is 0 Å². The van der Waals surface area contributed by atoms with Gasteiger partial charge in [0.15, 0.2) is 5.78 Å². The highest BCUT2D eigenvalue weighted by molar-refractivity contribution is 5.99. The van der Waals surface area contributed by atoms with E-state index in [-0.39, 0.29) is 5.78 Å². The number of carbonyl (C=O) groups is 1. The van der Waals surface area contributed by atoms with E-state index in [1.54, 1.807) is 0 Å². The minimum Gasteiger partial charge on any atom is -0.296 e. The van der Waals surface area contributed by atoms with Crippen LogP contribution in [-0.4, -0.2) is 30.3 Å². The van der Waals surface area contributed by atoms with Crippen LogP contribution in [0.4, 0.5) is 0 Å². The first-order valence-corrected chi connectivity index (χ1v) is 7.72. The number of piperidine rings is 1. The van der Waals surface area contributed by atoms with E-state index in [1.165, 1.54) is 17.5 Å². The second-order valence-electron chi connectivity index (χ2n) is 6.65. The standard InChI is InChI=1S/C18H27NO/c1-12-6-7-19(10-16(12)5)11-18(20)17-9-14(3)13(2)8-15(17)4/h8-9,12,16H,6-7,10-11H2,1-5H3. The molecule has 20 heavy (non-hydrogen) atoms. The van der Waals surface area contributed by atoms with Crippen LogP contribution in [-0.2, 0) is 0 Å². The van der Waals surface area contributed by atoms with Crippen LogP contribution in [0.3, 0.4) is 0 Å². The van der Waals surface area contributed by atoms with Crippen LogP contribution in [0.2, 0.25) is 0 Å². The van der Waals surface area contributed by atoms with Crippen molar-refractivity contribution in [1.29, 1.82) is 0 Å². The molecule has 2 heteroatoms. The van der Waals surface area contributed by atoms with Crippen LogP contribution in [0.5, 0.6) is 0 Å². The lowest BCUT2D eigenvalue weighted by Crippen LogP contribution is -2.41. The highest BCUT2D eigenvalue weighted by Gasteiger charge is 2.24. The molecule has 1 aromatic rings. The summed E-state index contributed by atoms with van der Waals surface area (Å²) in [7, 11) is 0. The average Bonchev–Trinajstić information content (AvgIpc) is 2.38. The Morgan fingerprint density at radius 2 is 1.75 bits per heavy atom. The van der Waals surface area contributed by atoms with E-state index in [0.29, 0.717) is 12.5 Å². The zero-order chi connectivity index (χ0) is 14.9. The maximum Gasteiger partial charge on any atom is 0.177 e. The maximum atomic E-state index is 12.5. The molecule has 1 fully saturated rings. The average molecular weight is 273 g/mol. The van der Waals surface area contributed by atoms with Gasteiger partial charge in [-0.05, 0) is 68.3 Å². The van der Waals surface area contributed by atoms with Gasteiger partial charge >= 0.3 is 0 Å². The first kappa shape index (κ1) is 15.2. The Morgan fingerprint density at radius 1 is 1.10 bits per heavy atom. The Hall–Kier alpha value is -1.15. The van der Waals surface area contributed by atoms with Crippen molar-refractivity contribution in [2.75, 3.05) is 19.6 Å². The number of carbonyl (C=O) groups excluding carboxylic acids is 1. The van der Waals surface area contributed by atoms with Crippen LogP contribution < -0.4 is 0 Å². The molecule has 0 spiro atoms. The molecule has 2 atom stereocenters. The largest absolute Gasteiger partial charge is 0.296 e. The molecule has 1 aliphatic rings. The second-order valence-corrected chi connectivity index (χ2v) is 6.65. The molecule has 0 bridgehead atoms. The van der Waals surface area contributed by atoms with Gasteiger partial charge in [0.05, 0.1) is 6.54 Å². The van der Waals surface area contributed by atoms with E-state index in [1.807, 2.05) is 6.92 Å². The molecular weight excluding hydrogens is 246 g/mol. The number of ketones is 1. The molecule has 2 nitrogen and oxygen atoms in total. The summed E-state index contributed by atoms with van der Waals surface area (Å²) in [6.45, 7) is 13.5. The predicted octanol–water partition coefficient (Wildman–Crippen LogP) is 3.77. The molecular formula is C18H27NO. The molecule has 0 N–H and O–H groups in total. The fourth-order valence-corrected chi connectivity index (χ4v) is 3.04. The van der Waals surface area contributed by atoms with Gasteiger partial charge < -0.3 is 0 Å². The first-order chi connectivity index (χ1) is 9.38. The summed E-state index contributed by atoms with van der Waals surface area (Å²) in [6.07, 6.45) is 1.21. The molecule has 1 aromatic carbocycles. The number of likely N-dealkylation sites (tertiary alicyclic amines) is 1. The normalized spacial score (nSPS) is 23.9. The minimum atomic E-state index is 0.271. The zero-order valence-electron chi connectivity index (χ0n) is 13.5. The summed E-state index contributed by atoms with van der Waals surface area (Å²) in [6, 6.07) is 4.19. The second kappa shape index (κ2) is 6.09. The number of hydrogen-bond donors (Lipinski definition) is 0. The number of hydrogen-bond acceptors (Lipinski definition) is 2. The molecule has 2 rings (SSSR count). The lowest BCUT2D eigenvalue weighted by Gasteiger charge is -2.34. The van der Waals surface area contributed by atoms with E-state index in [2.05, 4.69) is 44.7 Å². The van der Waals surface area contributed by atoms with Crippen molar-refractivity contribution in [3.05, 3.63) is 34.4 Å². The van der Waals surface area contributed by atoms with E-state index >= 15 is 0 Å². The first-order valence-electron chi connectivity index (χ1n) is 7.72. The Balaban J connectivity index is 2.07.